The second kappa shape index (κ2) is 9.93. The molecule has 1 N–H and O–H groups in total. The number of carboxylic acid groups (broad SMARTS) is 1. The number of hydrogen-bond donors (Lipinski definition) is 1. The van der Waals surface area contributed by atoms with Crippen molar-refractivity contribution in [2.45, 2.75) is 31.0 Å². The fraction of sp³-hybridized carbons (Fsp3) is 0.458. The fourth-order valence-electron chi connectivity index (χ4n) is 4.89. The average Bonchev–Trinajstić information content (AvgIpc) is 3.28. The number of amides is 2. The van der Waals surface area contributed by atoms with E-state index in [2.05, 4.69) is 4.98 Å². The first-order valence-electron chi connectivity index (χ1n) is 11.3. The summed E-state index contributed by atoms with van der Waals surface area (Å²) in [7, 11) is 1.51. The largest absolute Gasteiger partial charge is 0.465 e. The molecule has 1 aromatic heterocycles. The molecule has 2 amide bonds. The topological polar surface area (TPSA) is 77.0 Å². The minimum absolute atomic E-state index is 0.0229. The van der Waals surface area contributed by atoms with Crippen LogP contribution >= 0.6 is 11.6 Å². The lowest BCUT2D eigenvalue weighted by molar-refractivity contribution is -0.138. The number of carbonyl (C=O) groups excluding carboxylic acids is 1. The van der Waals surface area contributed by atoms with Gasteiger partial charge in [0.1, 0.15) is 5.82 Å². The van der Waals surface area contributed by atoms with E-state index in [0.29, 0.717) is 49.9 Å². The van der Waals surface area contributed by atoms with E-state index in [1.165, 1.54) is 18.0 Å². The Morgan fingerprint density at radius 2 is 1.74 bits per heavy atom. The normalized spacial score (nSPS) is 21.3. The van der Waals surface area contributed by atoms with Gasteiger partial charge < -0.3 is 19.8 Å². The zero-order chi connectivity index (χ0) is 25.3. The fourth-order valence-corrected chi connectivity index (χ4v) is 5.02. The first kappa shape index (κ1) is 25.1. The molecule has 11 heteroatoms. The maximum atomic E-state index is 13.3. The van der Waals surface area contributed by atoms with E-state index in [0.717, 1.165) is 17.8 Å². The summed E-state index contributed by atoms with van der Waals surface area (Å²) in [6, 6.07) is 9.22. The van der Waals surface area contributed by atoms with Crippen molar-refractivity contribution in [3.05, 3.63) is 58.7 Å². The van der Waals surface area contributed by atoms with Gasteiger partial charge >= 0.3 is 12.3 Å². The molecule has 2 aliphatic rings. The van der Waals surface area contributed by atoms with Crippen molar-refractivity contribution in [1.29, 1.82) is 0 Å². The zero-order valence-electron chi connectivity index (χ0n) is 19.1. The summed E-state index contributed by atoms with van der Waals surface area (Å²) in [5.41, 5.74) is 0.127. The molecule has 4 rings (SSSR count). The summed E-state index contributed by atoms with van der Waals surface area (Å²) >= 11 is 6.00. The Balaban J connectivity index is 1.41. The Morgan fingerprint density at radius 1 is 1.09 bits per heavy atom. The van der Waals surface area contributed by atoms with Crippen molar-refractivity contribution < 1.29 is 27.9 Å². The molecule has 2 aliphatic heterocycles. The van der Waals surface area contributed by atoms with Crippen LogP contribution in [0.5, 0.6) is 0 Å². The van der Waals surface area contributed by atoms with E-state index in [-0.39, 0.29) is 23.8 Å². The third kappa shape index (κ3) is 5.47. The highest BCUT2D eigenvalue weighted by atomic mass is 35.5. The second-order valence-corrected chi connectivity index (χ2v) is 9.46. The molecule has 188 valence electrons. The van der Waals surface area contributed by atoms with E-state index in [1.54, 1.807) is 17.0 Å². The lowest BCUT2D eigenvalue weighted by Gasteiger charge is -2.34. The van der Waals surface area contributed by atoms with Crippen LogP contribution < -0.4 is 4.90 Å². The highest BCUT2D eigenvalue weighted by Crippen LogP contribution is 2.34. The molecular formula is C24H26ClF3N4O3. The van der Waals surface area contributed by atoms with E-state index in [4.69, 9.17) is 11.6 Å². The van der Waals surface area contributed by atoms with E-state index in [1.807, 2.05) is 17.0 Å². The molecule has 0 spiro atoms. The number of pyridine rings is 1. The first-order chi connectivity index (χ1) is 16.5. The number of piperidine rings is 1. The van der Waals surface area contributed by atoms with Gasteiger partial charge in [-0.2, -0.15) is 13.2 Å². The molecule has 35 heavy (non-hydrogen) atoms. The number of aromatic nitrogens is 1. The van der Waals surface area contributed by atoms with Crippen LogP contribution in [0, 0.1) is 5.92 Å². The molecule has 0 saturated carbocycles. The monoisotopic (exact) mass is 510 g/mol. The maximum Gasteiger partial charge on any atom is 0.417 e. The molecular weight excluding hydrogens is 485 g/mol. The molecule has 0 unspecified atom stereocenters. The Labute approximate surface area is 206 Å². The van der Waals surface area contributed by atoms with Gasteiger partial charge in [-0.1, -0.05) is 23.7 Å². The number of benzene rings is 1. The van der Waals surface area contributed by atoms with Crippen LogP contribution in [0.15, 0.2) is 42.6 Å². The number of alkyl halides is 3. The summed E-state index contributed by atoms with van der Waals surface area (Å²) in [6.45, 7) is 1.71. The quantitative estimate of drug-likeness (QED) is 0.652. The van der Waals surface area contributed by atoms with E-state index >= 15 is 0 Å². The van der Waals surface area contributed by atoms with Gasteiger partial charge in [0.25, 0.3) is 0 Å². The summed E-state index contributed by atoms with van der Waals surface area (Å²) in [5.74, 6) is 0.0236. The van der Waals surface area contributed by atoms with Crippen molar-refractivity contribution >= 4 is 29.4 Å². The van der Waals surface area contributed by atoms with Gasteiger partial charge in [-0.05, 0) is 42.7 Å². The number of anilines is 1. The molecule has 0 bridgehead atoms. The Morgan fingerprint density at radius 3 is 2.29 bits per heavy atom. The molecule has 0 radical (unpaired) electrons. The number of rotatable bonds is 4. The Bertz CT molecular complexity index is 1060. The minimum Gasteiger partial charge on any atom is -0.465 e. The average molecular weight is 511 g/mol. The van der Waals surface area contributed by atoms with Gasteiger partial charge in [0, 0.05) is 56.3 Å². The predicted molar refractivity (Wildman–Crippen MR) is 125 cm³/mol. The van der Waals surface area contributed by atoms with Gasteiger partial charge in [-0.15, -0.1) is 0 Å². The van der Waals surface area contributed by atoms with Crippen LogP contribution in [0.2, 0.25) is 5.02 Å². The number of hydrogen-bond acceptors (Lipinski definition) is 4. The lowest BCUT2D eigenvalue weighted by Crippen LogP contribution is -2.44. The summed E-state index contributed by atoms with van der Waals surface area (Å²) in [6.07, 6.45) is -3.57. The zero-order valence-corrected chi connectivity index (χ0v) is 19.8. The highest BCUT2D eigenvalue weighted by Gasteiger charge is 2.42. The molecule has 7 nitrogen and oxygen atoms in total. The second-order valence-electron chi connectivity index (χ2n) is 9.03. The first-order valence-corrected chi connectivity index (χ1v) is 11.7. The van der Waals surface area contributed by atoms with Crippen molar-refractivity contribution in [1.82, 2.24) is 14.8 Å². The predicted octanol–water partition coefficient (Wildman–Crippen LogP) is 4.57. The van der Waals surface area contributed by atoms with Crippen LogP contribution in [-0.2, 0) is 11.0 Å². The molecule has 0 aliphatic carbocycles. The van der Waals surface area contributed by atoms with Crippen molar-refractivity contribution in [2.75, 3.05) is 38.1 Å². The summed E-state index contributed by atoms with van der Waals surface area (Å²) in [5, 5.41) is 10.1. The number of halogens is 4. The van der Waals surface area contributed by atoms with Crippen LogP contribution in [0.4, 0.5) is 23.8 Å². The van der Waals surface area contributed by atoms with Gasteiger partial charge in [-0.25, -0.2) is 9.78 Å². The smallest absolute Gasteiger partial charge is 0.417 e. The number of likely N-dealkylation sites (tertiary alicyclic amines) is 1. The molecule has 2 saturated heterocycles. The molecule has 3 heterocycles. The minimum atomic E-state index is -4.43. The van der Waals surface area contributed by atoms with Crippen molar-refractivity contribution in [2.24, 2.45) is 5.92 Å². The number of nitrogens with zero attached hydrogens (tertiary/aromatic N) is 4. The van der Waals surface area contributed by atoms with Crippen molar-refractivity contribution in [3.8, 4) is 0 Å². The van der Waals surface area contributed by atoms with Gasteiger partial charge in [0.05, 0.1) is 11.6 Å². The van der Waals surface area contributed by atoms with Crippen LogP contribution in [0.3, 0.4) is 0 Å². The maximum absolute atomic E-state index is 13.3. The third-order valence-corrected chi connectivity index (χ3v) is 7.19. The lowest BCUT2D eigenvalue weighted by atomic mass is 9.93. The van der Waals surface area contributed by atoms with E-state index in [9.17, 15) is 27.9 Å². The number of likely N-dealkylation sites (N-methyl/N-ethyl adjacent to an activating group) is 1. The molecule has 2 atom stereocenters. The van der Waals surface area contributed by atoms with Crippen molar-refractivity contribution in [3.63, 3.8) is 0 Å². The highest BCUT2D eigenvalue weighted by molar-refractivity contribution is 6.30. The SMILES string of the molecule is CN(C(=O)O)[C@@H]1CN(C(=O)C2CCN(c3ccc(C(F)(F)F)cn3)CC2)C[C@H]1c1ccc(Cl)cc1. The molecule has 2 aromatic rings. The van der Waals surface area contributed by atoms with Gasteiger partial charge in [0.15, 0.2) is 0 Å². The summed E-state index contributed by atoms with van der Waals surface area (Å²) < 4.78 is 38.4. The Kier molecular flexibility index (Phi) is 7.12. The van der Waals surface area contributed by atoms with Crippen LogP contribution in [0.25, 0.3) is 0 Å². The van der Waals surface area contributed by atoms with Crippen LogP contribution in [0.1, 0.15) is 29.9 Å². The van der Waals surface area contributed by atoms with Gasteiger partial charge in [0.2, 0.25) is 5.91 Å². The summed E-state index contributed by atoms with van der Waals surface area (Å²) in [4.78, 5) is 33.8. The number of carbonyl (C=O) groups is 2. The standard InChI is InChI=1S/C24H26ClF3N4O3/c1-30(23(34)35)20-14-32(13-19(20)15-2-5-18(25)6-3-15)22(33)16-8-10-31(11-9-16)21-7-4-17(12-29-21)24(26,27)28/h2-7,12,16,19-20H,8-11,13-14H2,1H3,(H,34,35)/t19-,20+/m0/s1. The molecule has 2 fully saturated rings. The Hall–Kier alpha value is -3.01. The van der Waals surface area contributed by atoms with Gasteiger partial charge in [-0.3, -0.25) is 4.79 Å². The van der Waals surface area contributed by atoms with E-state index < -0.39 is 17.8 Å². The third-order valence-electron chi connectivity index (χ3n) is 6.94. The van der Waals surface area contributed by atoms with Crippen LogP contribution in [-0.4, -0.2) is 71.2 Å². The molecule has 1 aromatic carbocycles.